The Morgan fingerprint density at radius 3 is 2.31 bits per heavy atom. The molecule has 2 heteroatoms. The Labute approximate surface area is 101 Å². The molecule has 16 heavy (non-hydrogen) atoms. The number of nitrogens with zero attached hydrogens (tertiary/aromatic N) is 1. The van der Waals surface area contributed by atoms with Gasteiger partial charge in [-0.05, 0) is 44.1 Å². The van der Waals surface area contributed by atoms with Crippen molar-refractivity contribution in [1.82, 2.24) is 10.2 Å². The van der Waals surface area contributed by atoms with Crippen LogP contribution < -0.4 is 5.32 Å². The van der Waals surface area contributed by atoms with Crippen LogP contribution >= 0.6 is 0 Å². The van der Waals surface area contributed by atoms with Gasteiger partial charge in [0.15, 0.2) is 0 Å². The number of likely N-dealkylation sites (N-methyl/N-ethyl adjacent to an activating group) is 1. The van der Waals surface area contributed by atoms with Crippen LogP contribution in [0.3, 0.4) is 0 Å². The molecular weight excluding hydrogens is 196 g/mol. The summed E-state index contributed by atoms with van der Waals surface area (Å²) in [6.07, 6.45) is 5.74. The Bertz CT molecular complexity index is 207. The first-order valence-corrected chi connectivity index (χ1v) is 7.18. The number of hydrogen-bond acceptors (Lipinski definition) is 2. The molecule has 0 aromatic carbocycles. The second-order valence-electron chi connectivity index (χ2n) is 6.02. The first kappa shape index (κ1) is 12.4. The molecule has 1 atom stereocenters. The minimum Gasteiger partial charge on any atom is -0.312 e. The van der Waals surface area contributed by atoms with Crippen LogP contribution in [0.4, 0.5) is 0 Å². The van der Waals surface area contributed by atoms with Crippen LogP contribution in [0.2, 0.25) is 0 Å². The van der Waals surface area contributed by atoms with Crippen LogP contribution in [0.25, 0.3) is 0 Å². The summed E-state index contributed by atoms with van der Waals surface area (Å²) in [5.74, 6) is 1.78. The van der Waals surface area contributed by atoms with E-state index in [1.807, 2.05) is 0 Å². The van der Waals surface area contributed by atoms with Gasteiger partial charge in [0.1, 0.15) is 0 Å². The van der Waals surface area contributed by atoms with Crippen molar-refractivity contribution in [3.05, 3.63) is 0 Å². The first-order chi connectivity index (χ1) is 7.70. The summed E-state index contributed by atoms with van der Waals surface area (Å²) in [6, 6.07) is 1.59. The van der Waals surface area contributed by atoms with Gasteiger partial charge in [-0.2, -0.15) is 0 Å². The first-order valence-electron chi connectivity index (χ1n) is 7.18. The molecule has 2 aliphatic carbocycles. The topological polar surface area (TPSA) is 15.3 Å². The monoisotopic (exact) mass is 224 g/mol. The summed E-state index contributed by atoms with van der Waals surface area (Å²) in [7, 11) is 0. The normalized spacial score (nSPS) is 23.1. The maximum absolute atomic E-state index is 3.70. The van der Waals surface area contributed by atoms with Crippen molar-refractivity contribution < 1.29 is 0 Å². The van der Waals surface area contributed by atoms with Crippen LogP contribution in [-0.2, 0) is 0 Å². The van der Waals surface area contributed by atoms with Gasteiger partial charge in [0.2, 0.25) is 0 Å². The molecule has 1 unspecified atom stereocenters. The molecule has 0 heterocycles. The highest BCUT2D eigenvalue weighted by atomic mass is 15.2. The largest absolute Gasteiger partial charge is 0.312 e. The summed E-state index contributed by atoms with van der Waals surface area (Å²) in [5.41, 5.74) is 0. The van der Waals surface area contributed by atoms with E-state index in [1.165, 1.54) is 45.3 Å². The van der Waals surface area contributed by atoms with E-state index in [1.54, 1.807) is 0 Å². The van der Waals surface area contributed by atoms with Gasteiger partial charge in [-0.3, -0.25) is 4.90 Å². The molecule has 2 aliphatic rings. The summed E-state index contributed by atoms with van der Waals surface area (Å²) >= 11 is 0. The average molecular weight is 224 g/mol. The zero-order valence-corrected chi connectivity index (χ0v) is 11.2. The lowest BCUT2D eigenvalue weighted by Crippen LogP contribution is -2.46. The van der Waals surface area contributed by atoms with Crippen molar-refractivity contribution in [3.63, 3.8) is 0 Å². The smallest absolute Gasteiger partial charge is 0.0243 e. The number of hydrogen-bond donors (Lipinski definition) is 1. The fourth-order valence-electron chi connectivity index (χ4n) is 2.49. The fourth-order valence-corrected chi connectivity index (χ4v) is 2.49. The zero-order valence-electron chi connectivity index (χ0n) is 11.2. The molecule has 94 valence electrons. The van der Waals surface area contributed by atoms with E-state index >= 15 is 0 Å². The molecule has 0 amide bonds. The van der Waals surface area contributed by atoms with E-state index in [0.717, 1.165) is 23.9 Å². The van der Waals surface area contributed by atoms with Crippen LogP contribution in [0, 0.1) is 11.8 Å². The van der Waals surface area contributed by atoms with Crippen molar-refractivity contribution in [2.24, 2.45) is 11.8 Å². The minimum absolute atomic E-state index is 0.742. The molecule has 0 aliphatic heterocycles. The van der Waals surface area contributed by atoms with E-state index in [-0.39, 0.29) is 0 Å². The maximum Gasteiger partial charge on any atom is 0.0243 e. The Balaban J connectivity index is 1.80. The van der Waals surface area contributed by atoms with E-state index in [0.29, 0.717) is 0 Å². The molecule has 2 fully saturated rings. The van der Waals surface area contributed by atoms with E-state index in [2.05, 4.69) is 31.0 Å². The van der Waals surface area contributed by atoms with Gasteiger partial charge in [0.05, 0.1) is 0 Å². The third-order valence-corrected chi connectivity index (χ3v) is 4.03. The van der Waals surface area contributed by atoms with Gasteiger partial charge < -0.3 is 5.32 Å². The lowest BCUT2D eigenvalue weighted by molar-refractivity contribution is 0.152. The molecule has 2 rings (SSSR count). The van der Waals surface area contributed by atoms with Crippen molar-refractivity contribution in [3.8, 4) is 0 Å². The molecule has 0 radical (unpaired) electrons. The lowest BCUT2D eigenvalue weighted by Gasteiger charge is -2.34. The predicted octanol–water partition coefficient (Wildman–Crippen LogP) is 2.49. The maximum atomic E-state index is 3.70. The minimum atomic E-state index is 0.742. The summed E-state index contributed by atoms with van der Waals surface area (Å²) < 4.78 is 0. The van der Waals surface area contributed by atoms with Gasteiger partial charge in [-0.1, -0.05) is 20.8 Å². The zero-order chi connectivity index (χ0) is 11.5. The van der Waals surface area contributed by atoms with Gasteiger partial charge in [-0.15, -0.1) is 0 Å². The summed E-state index contributed by atoms with van der Waals surface area (Å²) in [4.78, 5) is 2.71. The molecule has 1 N–H and O–H groups in total. The van der Waals surface area contributed by atoms with Gasteiger partial charge in [0.25, 0.3) is 0 Å². The molecule has 2 saturated carbocycles. The third kappa shape index (κ3) is 3.74. The van der Waals surface area contributed by atoms with Crippen LogP contribution in [-0.4, -0.2) is 36.6 Å². The molecule has 0 spiro atoms. The standard InChI is InChI=1S/C14H28N2/c1-4-16(10-12-5-6-12)14(11(2)3)9-15-13-7-8-13/h11-15H,4-10H2,1-3H3. The van der Waals surface area contributed by atoms with Gasteiger partial charge in [-0.25, -0.2) is 0 Å². The molecule has 2 nitrogen and oxygen atoms in total. The fraction of sp³-hybridized carbons (Fsp3) is 1.00. The van der Waals surface area contributed by atoms with Crippen molar-refractivity contribution in [2.45, 2.75) is 58.5 Å². The lowest BCUT2D eigenvalue weighted by atomic mass is 10.0. The molecule has 0 saturated heterocycles. The van der Waals surface area contributed by atoms with E-state index in [4.69, 9.17) is 0 Å². The van der Waals surface area contributed by atoms with Crippen molar-refractivity contribution >= 4 is 0 Å². The quantitative estimate of drug-likeness (QED) is 0.681. The Morgan fingerprint density at radius 1 is 1.19 bits per heavy atom. The molecule has 0 aromatic heterocycles. The van der Waals surface area contributed by atoms with Gasteiger partial charge >= 0.3 is 0 Å². The van der Waals surface area contributed by atoms with Crippen molar-refractivity contribution in [1.29, 1.82) is 0 Å². The van der Waals surface area contributed by atoms with E-state index < -0.39 is 0 Å². The SMILES string of the molecule is CCN(CC1CC1)C(CNC1CC1)C(C)C. The molecular formula is C14H28N2. The van der Waals surface area contributed by atoms with Gasteiger partial charge in [0, 0.05) is 25.2 Å². The summed E-state index contributed by atoms with van der Waals surface area (Å²) in [6.45, 7) is 10.8. The average Bonchev–Trinajstić information content (AvgIpc) is 3.10. The Kier molecular flexibility index (Phi) is 4.26. The van der Waals surface area contributed by atoms with Crippen LogP contribution in [0.15, 0.2) is 0 Å². The third-order valence-electron chi connectivity index (χ3n) is 4.03. The van der Waals surface area contributed by atoms with Crippen molar-refractivity contribution in [2.75, 3.05) is 19.6 Å². The second kappa shape index (κ2) is 5.50. The number of nitrogens with one attached hydrogen (secondary N) is 1. The Morgan fingerprint density at radius 2 is 1.88 bits per heavy atom. The highest BCUT2D eigenvalue weighted by Gasteiger charge is 2.30. The highest BCUT2D eigenvalue weighted by Crippen LogP contribution is 2.31. The predicted molar refractivity (Wildman–Crippen MR) is 69.6 cm³/mol. The van der Waals surface area contributed by atoms with Crippen LogP contribution in [0.5, 0.6) is 0 Å². The molecule has 0 bridgehead atoms. The number of rotatable bonds is 8. The molecule has 0 aromatic rings. The van der Waals surface area contributed by atoms with Crippen LogP contribution in [0.1, 0.15) is 46.5 Å². The highest BCUT2D eigenvalue weighted by molar-refractivity contribution is 4.87. The second-order valence-corrected chi connectivity index (χ2v) is 6.02. The van der Waals surface area contributed by atoms with E-state index in [9.17, 15) is 0 Å². The Hall–Kier alpha value is -0.0800. The summed E-state index contributed by atoms with van der Waals surface area (Å²) in [5, 5.41) is 3.70.